The monoisotopic (exact) mass is 264 g/mol. The van der Waals surface area contributed by atoms with Crippen LogP contribution in [0.1, 0.15) is 22.8 Å². The van der Waals surface area contributed by atoms with Gasteiger partial charge < -0.3 is 20.5 Å². The van der Waals surface area contributed by atoms with Gasteiger partial charge in [0, 0.05) is 24.7 Å². The van der Waals surface area contributed by atoms with E-state index in [0.717, 1.165) is 0 Å². The topological polar surface area (TPSA) is 75.8 Å². The Morgan fingerprint density at radius 3 is 2.95 bits per heavy atom. The lowest BCUT2D eigenvalue weighted by atomic mass is 10.1. The van der Waals surface area contributed by atoms with E-state index in [1.54, 1.807) is 30.0 Å². The van der Waals surface area contributed by atoms with E-state index in [4.69, 9.17) is 10.5 Å². The van der Waals surface area contributed by atoms with Crippen LogP contribution >= 0.6 is 0 Å². The van der Waals surface area contributed by atoms with Gasteiger partial charge in [-0.15, -0.1) is 0 Å². The van der Waals surface area contributed by atoms with Crippen LogP contribution in [0.5, 0.6) is 5.75 Å². The number of amides is 1. The summed E-state index contributed by atoms with van der Waals surface area (Å²) in [6.07, 6.45) is -0.115. The van der Waals surface area contributed by atoms with Gasteiger partial charge in [-0.2, -0.15) is 0 Å². The highest BCUT2D eigenvalue weighted by atomic mass is 16.5. The van der Waals surface area contributed by atoms with E-state index in [-0.39, 0.29) is 23.8 Å². The number of ether oxygens (including phenoxy) is 1. The molecule has 5 nitrogen and oxygen atoms in total. The molecule has 0 aliphatic carbocycles. The van der Waals surface area contributed by atoms with Crippen LogP contribution in [0.15, 0.2) is 18.2 Å². The molecule has 1 aliphatic heterocycles. The molecule has 0 bridgehead atoms. The number of phenolic OH excluding ortho intramolecular Hbond substituents is 1. The maximum Gasteiger partial charge on any atom is 0.254 e. The molecular formula is C14H20N2O3. The largest absolute Gasteiger partial charge is 0.508 e. The molecule has 0 saturated carbocycles. The van der Waals surface area contributed by atoms with Crippen LogP contribution in [0.3, 0.4) is 0 Å². The summed E-state index contributed by atoms with van der Waals surface area (Å²) in [7, 11) is 0. The molecule has 1 fully saturated rings. The summed E-state index contributed by atoms with van der Waals surface area (Å²) >= 11 is 0. The van der Waals surface area contributed by atoms with Crippen LogP contribution in [0, 0.1) is 6.92 Å². The van der Waals surface area contributed by atoms with Gasteiger partial charge in [0.25, 0.3) is 5.91 Å². The second kappa shape index (κ2) is 5.59. The van der Waals surface area contributed by atoms with E-state index in [1.807, 2.05) is 6.92 Å². The number of rotatable bonds is 2. The number of benzene rings is 1. The maximum atomic E-state index is 12.4. The number of carbonyl (C=O) groups excluding carboxylic acids is 1. The summed E-state index contributed by atoms with van der Waals surface area (Å²) in [4.78, 5) is 14.1. The van der Waals surface area contributed by atoms with Crippen molar-refractivity contribution in [1.29, 1.82) is 0 Å². The molecule has 0 radical (unpaired) electrons. The molecule has 5 heteroatoms. The molecule has 19 heavy (non-hydrogen) atoms. The zero-order valence-corrected chi connectivity index (χ0v) is 11.3. The lowest BCUT2D eigenvalue weighted by molar-refractivity contribution is -0.0300. The molecule has 1 amide bonds. The molecule has 2 unspecified atom stereocenters. The number of hydrogen-bond acceptors (Lipinski definition) is 4. The summed E-state index contributed by atoms with van der Waals surface area (Å²) in [5.41, 5.74) is 7.10. The van der Waals surface area contributed by atoms with Gasteiger partial charge in [0.05, 0.1) is 12.7 Å². The van der Waals surface area contributed by atoms with Gasteiger partial charge in [-0.05, 0) is 37.6 Å². The van der Waals surface area contributed by atoms with Crippen molar-refractivity contribution in [2.24, 2.45) is 5.73 Å². The van der Waals surface area contributed by atoms with Crippen molar-refractivity contribution in [2.45, 2.75) is 26.0 Å². The first-order valence-electron chi connectivity index (χ1n) is 6.45. The lowest BCUT2D eigenvalue weighted by Crippen LogP contribution is -2.51. The van der Waals surface area contributed by atoms with Crippen molar-refractivity contribution in [3.05, 3.63) is 29.3 Å². The third kappa shape index (κ3) is 3.05. The Kier molecular flexibility index (Phi) is 4.07. The predicted octanol–water partition coefficient (Wildman–Crippen LogP) is 0.889. The predicted molar refractivity (Wildman–Crippen MR) is 72.1 cm³/mol. The molecule has 3 N–H and O–H groups in total. The molecule has 2 rings (SSSR count). The number of nitrogens with zero attached hydrogens (tertiary/aromatic N) is 1. The van der Waals surface area contributed by atoms with Gasteiger partial charge in [-0.1, -0.05) is 0 Å². The van der Waals surface area contributed by atoms with Crippen molar-refractivity contribution < 1.29 is 14.6 Å². The minimum absolute atomic E-state index is 0.0444. The molecule has 1 aromatic carbocycles. The Balaban J connectivity index is 2.12. The smallest absolute Gasteiger partial charge is 0.254 e. The molecule has 1 saturated heterocycles. The van der Waals surface area contributed by atoms with Crippen molar-refractivity contribution in [3.8, 4) is 5.75 Å². The van der Waals surface area contributed by atoms with Gasteiger partial charge in [0.1, 0.15) is 5.75 Å². The van der Waals surface area contributed by atoms with E-state index in [0.29, 0.717) is 30.8 Å². The maximum absolute atomic E-state index is 12.4. The number of hydrogen-bond donors (Lipinski definition) is 2. The van der Waals surface area contributed by atoms with Crippen LogP contribution in [0.4, 0.5) is 0 Å². The Morgan fingerprint density at radius 2 is 2.32 bits per heavy atom. The minimum Gasteiger partial charge on any atom is -0.508 e. The van der Waals surface area contributed by atoms with Crippen LogP contribution in [0.2, 0.25) is 0 Å². The molecule has 104 valence electrons. The van der Waals surface area contributed by atoms with Crippen molar-refractivity contribution in [2.75, 3.05) is 19.7 Å². The summed E-state index contributed by atoms with van der Waals surface area (Å²) in [6, 6.07) is 4.79. The first kappa shape index (κ1) is 13.8. The van der Waals surface area contributed by atoms with Gasteiger partial charge in [-0.3, -0.25) is 4.79 Å². The van der Waals surface area contributed by atoms with Crippen LogP contribution < -0.4 is 5.73 Å². The highest BCUT2D eigenvalue weighted by molar-refractivity contribution is 5.94. The quantitative estimate of drug-likeness (QED) is 0.831. The Morgan fingerprint density at radius 1 is 1.58 bits per heavy atom. The van der Waals surface area contributed by atoms with Crippen molar-refractivity contribution in [1.82, 2.24) is 4.90 Å². The molecule has 2 atom stereocenters. The standard InChI is InChI=1S/C14H20N2O3/c1-9-7-11(3-4-12(9)17)14(18)16-5-6-19-13(8-16)10(2)15/h3-4,7,10,13,17H,5-6,8,15H2,1-2H3. The van der Waals surface area contributed by atoms with Crippen LogP contribution in [-0.4, -0.2) is 47.8 Å². The Labute approximate surface area is 113 Å². The molecule has 1 aliphatic rings. The fourth-order valence-corrected chi connectivity index (χ4v) is 2.15. The number of carbonyl (C=O) groups is 1. The van der Waals surface area contributed by atoms with E-state index >= 15 is 0 Å². The molecule has 0 aromatic heterocycles. The van der Waals surface area contributed by atoms with Gasteiger partial charge >= 0.3 is 0 Å². The van der Waals surface area contributed by atoms with E-state index in [9.17, 15) is 9.90 Å². The SMILES string of the molecule is Cc1cc(C(=O)N2CCOC(C(C)N)C2)ccc1O. The highest BCUT2D eigenvalue weighted by Crippen LogP contribution is 2.19. The molecule has 1 heterocycles. The normalized spacial score (nSPS) is 21.2. The third-order valence-electron chi connectivity index (χ3n) is 3.41. The number of aromatic hydroxyl groups is 1. The number of nitrogens with two attached hydrogens (primary N) is 1. The Hall–Kier alpha value is -1.59. The van der Waals surface area contributed by atoms with E-state index in [2.05, 4.69) is 0 Å². The number of aryl methyl sites for hydroxylation is 1. The second-order valence-electron chi connectivity index (χ2n) is 5.02. The molecule has 1 aromatic rings. The minimum atomic E-state index is -0.115. The van der Waals surface area contributed by atoms with Crippen LogP contribution in [-0.2, 0) is 4.74 Å². The van der Waals surface area contributed by atoms with E-state index in [1.165, 1.54) is 0 Å². The average Bonchev–Trinajstić information content (AvgIpc) is 2.41. The first-order valence-corrected chi connectivity index (χ1v) is 6.45. The number of phenols is 1. The van der Waals surface area contributed by atoms with Crippen molar-refractivity contribution >= 4 is 5.91 Å². The van der Waals surface area contributed by atoms with E-state index < -0.39 is 0 Å². The first-order chi connectivity index (χ1) is 8.99. The summed E-state index contributed by atoms with van der Waals surface area (Å²) < 4.78 is 5.54. The fourth-order valence-electron chi connectivity index (χ4n) is 2.15. The van der Waals surface area contributed by atoms with Crippen molar-refractivity contribution in [3.63, 3.8) is 0 Å². The molecule has 0 spiro atoms. The van der Waals surface area contributed by atoms with Crippen LogP contribution in [0.25, 0.3) is 0 Å². The van der Waals surface area contributed by atoms with Gasteiger partial charge in [-0.25, -0.2) is 0 Å². The molecular weight excluding hydrogens is 244 g/mol. The zero-order valence-electron chi connectivity index (χ0n) is 11.3. The summed E-state index contributed by atoms with van der Waals surface area (Å²) in [5, 5.41) is 9.49. The van der Waals surface area contributed by atoms with Gasteiger partial charge in [0.2, 0.25) is 0 Å². The second-order valence-corrected chi connectivity index (χ2v) is 5.02. The number of morpholine rings is 1. The zero-order chi connectivity index (χ0) is 14.0. The van der Waals surface area contributed by atoms with Gasteiger partial charge in [0.15, 0.2) is 0 Å². The highest BCUT2D eigenvalue weighted by Gasteiger charge is 2.27. The lowest BCUT2D eigenvalue weighted by Gasteiger charge is -2.34. The third-order valence-corrected chi connectivity index (χ3v) is 3.41. The fraction of sp³-hybridized carbons (Fsp3) is 0.500. The summed E-state index contributed by atoms with van der Waals surface area (Å²) in [6.45, 7) is 5.24. The Bertz CT molecular complexity index is 474. The average molecular weight is 264 g/mol. The summed E-state index contributed by atoms with van der Waals surface area (Å²) in [5.74, 6) is 0.157.